The molecule has 0 aromatic heterocycles. The van der Waals surface area contributed by atoms with Gasteiger partial charge in [-0.1, -0.05) is 13.0 Å². The summed E-state index contributed by atoms with van der Waals surface area (Å²) < 4.78 is 16.5. The Morgan fingerprint density at radius 1 is 1.00 bits per heavy atom. The number of nitrogens with zero attached hydrogens (tertiary/aromatic N) is 2. The lowest BCUT2D eigenvalue weighted by Crippen LogP contribution is -2.29. The molecule has 1 fully saturated rings. The Balaban J connectivity index is 1.88. The molecule has 1 saturated heterocycles. The van der Waals surface area contributed by atoms with Crippen molar-refractivity contribution in [2.45, 2.75) is 27.2 Å². The van der Waals surface area contributed by atoms with E-state index in [-0.39, 0.29) is 5.91 Å². The number of amides is 1. The van der Waals surface area contributed by atoms with Gasteiger partial charge in [-0.2, -0.15) is 0 Å². The summed E-state index contributed by atoms with van der Waals surface area (Å²) >= 11 is 1.38. The second kappa shape index (κ2) is 10.9. The first kappa shape index (κ1) is 22.7. The lowest BCUT2D eigenvalue weighted by atomic mass is 10.2. The molecule has 1 heterocycles. The Bertz CT molecular complexity index is 970. The van der Waals surface area contributed by atoms with Gasteiger partial charge >= 0.3 is 0 Å². The average molecular weight is 441 g/mol. The van der Waals surface area contributed by atoms with Crippen LogP contribution in [0.3, 0.4) is 0 Å². The fourth-order valence-electron chi connectivity index (χ4n) is 3.11. The Kier molecular flexibility index (Phi) is 8.00. The van der Waals surface area contributed by atoms with Gasteiger partial charge in [0.15, 0.2) is 16.7 Å². The predicted molar refractivity (Wildman–Crippen MR) is 126 cm³/mol. The SMILES string of the molecule is CCCN1C(=O)/C(=C/c2ccc(OCC)c(OC)c2)SC1=Nc1ccc(OCC)cc1. The van der Waals surface area contributed by atoms with Gasteiger partial charge < -0.3 is 14.2 Å². The van der Waals surface area contributed by atoms with Crippen LogP contribution in [0.15, 0.2) is 52.4 Å². The third-order valence-corrected chi connectivity index (χ3v) is 5.50. The van der Waals surface area contributed by atoms with Crippen molar-refractivity contribution >= 4 is 34.6 Å². The highest BCUT2D eigenvalue weighted by Gasteiger charge is 2.32. The number of hydrogen-bond donors (Lipinski definition) is 0. The van der Waals surface area contributed by atoms with Gasteiger partial charge in [0.05, 0.1) is 30.9 Å². The minimum absolute atomic E-state index is 0.0376. The Hall–Kier alpha value is -2.93. The maximum absolute atomic E-state index is 13.0. The third kappa shape index (κ3) is 5.61. The monoisotopic (exact) mass is 440 g/mol. The van der Waals surface area contributed by atoms with Gasteiger partial charge in [-0.3, -0.25) is 9.69 Å². The van der Waals surface area contributed by atoms with E-state index in [0.29, 0.717) is 41.3 Å². The molecule has 0 saturated carbocycles. The van der Waals surface area contributed by atoms with Crippen LogP contribution in [-0.4, -0.2) is 42.8 Å². The van der Waals surface area contributed by atoms with Crippen LogP contribution in [0, 0.1) is 0 Å². The Labute approximate surface area is 187 Å². The minimum atomic E-state index is -0.0376. The van der Waals surface area contributed by atoms with E-state index >= 15 is 0 Å². The summed E-state index contributed by atoms with van der Waals surface area (Å²) in [6.07, 6.45) is 2.72. The molecule has 31 heavy (non-hydrogen) atoms. The molecule has 2 aromatic rings. The highest BCUT2D eigenvalue weighted by Crippen LogP contribution is 2.36. The molecule has 0 aliphatic carbocycles. The van der Waals surface area contributed by atoms with Gasteiger partial charge in [-0.25, -0.2) is 4.99 Å². The molecule has 0 spiro atoms. The van der Waals surface area contributed by atoms with Crippen molar-refractivity contribution < 1.29 is 19.0 Å². The van der Waals surface area contributed by atoms with E-state index in [0.717, 1.165) is 23.4 Å². The fraction of sp³-hybridized carbons (Fsp3) is 0.333. The highest BCUT2D eigenvalue weighted by atomic mass is 32.2. The van der Waals surface area contributed by atoms with Crippen LogP contribution in [0.5, 0.6) is 17.2 Å². The number of hydrogen-bond acceptors (Lipinski definition) is 6. The predicted octanol–water partition coefficient (Wildman–Crippen LogP) is 5.51. The lowest BCUT2D eigenvalue weighted by Gasteiger charge is -2.14. The van der Waals surface area contributed by atoms with Crippen LogP contribution >= 0.6 is 11.8 Å². The van der Waals surface area contributed by atoms with E-state index in [1.807, 2.05) is 69.3 Å². The normalized spacial score (nSPS) is 16.3. The largest absolute Gasteiger partial charge is 0.494 e. The number of thioether (sulfide) groups is 1. The number of methoxy groups -OCH3 is 1. The van der Waals surface area contributed by atoms with E-state index in [4.69, 9.17) is 19.2 Å². The van der Waals surface area contributed by atoms with Crippen LogP contribution < -0.4 is 14.2 Å². The summed E-state index contributed by atoms with van der Waals surface area (Å²) in [7, 11) is 1.61. The van der Waals surface area contributed by atoms with Crippen molar-refractivity contribution in [1.82, 2.24) is 4.90 Å². The molecule has 3 rings (SSSR count). The van der Waals surface area contributed by atoms with Crippen molar-refractivity contribution in [3.63, 3.8) is 0 Å². The maximum atomic E-state index is 13.0. The summed E-state index contributed by atoms with van der Waals surface area (Å²) in [5.74, 6) is 2.09. The minimum Gasteiger partial charge on any atom is -0.494 e. The molecule has 0 bridgehead atoms. The van der Waals surface area contributed by atoms with Gasteiger partial charge in [0.25, 0.3) is 5.91 Å². The molecule has 0 atom stereocenters. The number of carbonyl (C=O) groups excluding carboxylic acids is 1. The van der Waals surface area contributed by atoms with Gasteiger partial charge in [-0.15, -0.1) is 0 Å². The summed E-state index contributed by atoms with van der Waals surface area (Å²) in [6, 6.07) is 13.2. The van der Waals surface area contributed by atoms with Crippen LogP contribution in [-0.2, 0) is 4.79 Å². The first-order valence-corrected chi connectivity index (χ1v) is 11.2. The standard InChI is InChI=1S/C24H28N2O4S/c1-5-14-26-23(27)22(16-17-8-13-20(30-7-3)21(15-17)28-4)31-24(26)25-18-9-11-19(12-10-18)29-6-2/h8-13,15-16H,5-7,14H2,1-4H3/b22-16-,25-24?. The van der Waals surface area contributed by atoms with Gasteiger partial charge in [-0.05, 0) is 80.1 Å². The van der Waals surface area contributed by atoms with Crippen LogP contribution in [0.1, 0.15) is 32.8 Å². The molecule has 1 amide bonds. The van der Waals surface area contributed by atoms with Crippen molar-refractivity contribution in [2.75, 3.05) is 26.9 Å². The van der Waals surface area contributed by atoms with Gasteiger partial charge in [0.1, 0.15) is 5.75 Å². The second-order valence-electron chi connectivity index (χ2n) is 6.73. The van der Waals surface area contributed by atoms with E-state index in [1.165, 1.54) is 11.8 Å². The average Bonchev–Trinajstić information content (AvgIpc) is 3.05. The fourth-order valence-corrected chi connectivity index (χ4v) is 4.13. The molecule has 1 aliphatic rings. The number of ether oxygens (including phenoxy) is 3. The molecule has 0 unspecified atom stereocenters. The molecule has 7 heteroatoms. The Morgan fingerprint density at radius 3 is 2.39 bits per heavy atom. The molecule has 1 aliphatic heterocycles. The molecule has 0 N–H and O–H groups in total. The second-order valence-corrected chi connectivity index (χ2v) is 7.74. The third-order valence-electron chi connectivity index (χ3n) is 4.49. The van der Waals surface area contributed by atoms with Crippen molar-refractivity contribution in [2.24, 2.45) is 4.99 Å². The highest BCUT2D eigenvalue weighted by molar-refractivity contribution is 8.18. The summed E-state index contributed by atoms with van der Waals surface area (Å²) in [5.41, 5.74) is 1.65. The number of carbonyl (C=O) groups is 1. The molecule has 2 aromatic carbocycles. The first-order valence-electron chi connectivity index (χ1n) is 10.4. The molecule has 0 radical (unpaired) electrons. The maximum Gasteiger partial charge on any atom is 0.266 e. The molecule has 6 nitrogen and oxygen atoms in total. The number of aliphatic imine (C=N–C) groups is 1. The number of rotatable bonds is 9. The zero-order chi connectivity index (χ0) is 22.2. The molecular formula is C24H28N2O4S. The van der Waals surface area contributed by atoms with Gasteiger partial charge in [0.2, 0.25) is 0 Å². The smallest absolute Gasteiger partial charge is 0.266 e. The van der Waals surface area contributed by atoms with Crippen LogP contribution in [0.25, 0.3) is 6.08 Å². The molecular weight excluding hydrogens is 412 g/mol. The van der Waals surface area contributed by atoms with E-state index in [2.05, 4.69) is 0 Å². The first-order chi connectivity index (χ1) is 15.1. The number of amidine groups is 1. The van der Waals surface area contributed by atoms with Crippen molar-refractivity contribution in [3.05, 3.63) is 52.9 Å². The topological polar surface area (TPSA) is 60.4 Å². The zero-order valence-corrected chi connectivity index (χ0v) is 19.2. The lowest BCUT2D eigenvalue weighted by molar-refractivity contribution is -0.122. The summed E-state index contributed by atoms with van der Waals surface area (Å²) in [4.78, 5) is 20.1. The summed E-state index contributed by atoms with van der Waals surface area (Å²) in [5, 5.41) is 0.681. The van der Waals surface area contributed by atoms with E-state index < -0.39 is 0 Å². The van der Waals surface area contributed by atoms with Crippen molar-refractivity contribution in [1.29, 1.82) is 0 Å². The molecule has 164 valence electrons. The quantitative estimate of drug-likeness (QED) is 0.482. The van der Waals surface area contributed by atoms with E-state index in [1.54, 1.807) is 12.0 Å². The summed E-state index contributed by atoms with van der Waals surface area (Å²) in [6.45, 7) is 7.72. The Morgan fingerprint density at radius 2 is 1.74 bits per heavy atom. The van der Waals surface area contributed by atoms with E-state index in [9.17, 15) is 4.79 Å². The van der Waals surface area contributed by atoms with Gasteiger partial charge in [0, 0.05) is 6.54 Å². The zero-order valence-electron chi connectivity index (χ0n) is 18.4. The van der Waals surface area contributed by atoms with Crippen LogP contribution in [0.2, 0.25) is 0 Å². The number of benzene rings is 2. The van der Waals surface area contributed by atoms with Crippen molar-refractivity contribution in [3.8, 4) is 17.2 Å². The van der Waals surface area contributed by atoms with Crippen LogP contribution in [0.4, 0.5) is 5.69 Å².